The normalized spacial score (nSPS) is 10.9. The Morgan fingerprint density at radius 1 is 0.295 bits per heavy atom. The number of benzene rings is 6. The first-order chi connectivity index (χ1) is 21.7. The minimum absolute atomic E-state index is 0.318. The van der Waals surface area contributed by atoms with Crippen molar-refractivity contribution in [1.29, 1.82) is 0 Å². The van der Waals surface area contributed by atoms with Crippen LogP contribution in [0.15, 0.2) is 158 Å². The van der Waals surface area contributed by atoms with Gasteiger partial charge >= 0.3 is 0 Å². The van der Waals surface area contributed by atoms with E-state index in [-0.39, 0.29) is 0 Å². The third-order valence-corrected chi connectivity index (χ3v) is 7.40. The summed E-state index contributed by atoms with van der Waals surface area (Å²) in [5, 5.41) is 19.2. The topological polar surface area (TPSA) is 40.5 Å². The van der Waals surface area contributed by atoms with E-state index in [1.165, 1.54) is 33.4 Å². The lowest BCUT2D eigenvalue weighted by Crippen LogP contribution is -1.92. The molecule has 44 heavy (non-hydrogen) atoms. The lowest BCUT2D eigenvalue weighted by atomic mass is 9.99. The first-order valence-corrected chi connectivity index (χ1v) is 14.9. The quantitative estimate of drug-likeness (QED) is 0.220. The predicted molar refractivity (Wildman–Crippen MR) is 186 cm³/mol. The minimum atomic E-state index is 0.318. The Balaban J connectivity index is 0.000000121. The number of aryl methyl sites for hydroxylation is 2. The lowest BCUT2D eigenvalue weighted by molar-refractivity contribution is 0.462. The molecule has 0 radical (unpaired) electrons. The van der Waals surface area contributed by atoms with Crippen molar-refractivity contribution in [3.05, 3.63) is 191 Å². The Morgan fingerprint density at radius 3 is 0.841 bits per heavy atom. The van der Waals surface area contributed by atoms with Crippen LogP contribution in [0.2, 0.25) is 0 Å². The van der Waals surface area contributed by atoms with Gasteiger partial charge in [0.15, 0.2) is 0 Å². The molecule has 0 fully saturated rings. The van der Waals surface area contributed by atoms with Crippen LogP contribution in [0.25, 0.3) is 35.4 Å². The van der Waals surface area contributed by atoms with Crippen molar-refractivity contribution in [2.24, 2.45) is 0 Å². The summed E-state index contributed by atoms with van der Waals surface area (Å²) < 4.78 is 0. The summed E-state index contributed by atoms with van der Waals surface area (Å²) in [6, 6.07) is 52.1. The summed E-state index contributed by atoms with van der Waals surface area (Å²) in [7, 11) is 0. The van der Waals surface area contributed by atoms with Crippen LogP contribution in [0.3, 0.4) is 0 Å². The maximum atomic E-state index is 9.60. The molecule has 6 aromatic rings. The number of hydrogen-bond donors (Lipinski definition) is 2. The molecule has 2 aliphatic rings. The van der Waals surface area contributed by atoms with Crippen LogP contribution >= 0.6 is 0 Å². The Labute approximate surface area is 260 Å². The van der Waals surface area contributed by atoms with E-state index in [9.17, 15) is 10.2 Å². The molecule has 0 bridgehead atoms. The van der Waals surface area contributed by atoms with Gasteiger partial charge in [-0.25, -0.2) is 0 Å². The summed E-state index contributed by atoms with van der Waals surface area (Å²) in [4.78, 5) is 0. The monoisotopic (exact) mass is 572 g/mol. The van der Waals surface area contributed by atoms with Crippen LogP contribution in [0, 0.1) is 0 Å². The summed E-state index contributed by atoms with van der Waals surface area (Å²) in [6.07, 6.45) is 9.93. The van der Waals surface area contributed by atoms with Crippen molar-refractivity contribution < 1.29 is 10.2 Å². The number of hydrogen-bond acceptors (Lipinski definition) is 2. The molecule has 6 aromatic carbocycles. The molecule has 216 valence electrons. The molecule has 0 atom stereocenters. The maximum Gasteiger partial charge on any atom is 0.118 e. The number of phenolic OH excluding ortho intramolecular Hbond substituents is 2. The van der Waals surface area contributed by atoms with Crippen molar-refractivity contribution in [2.45, 2.75) is 12.8 Å². The smallest absolute Gasteiger partial charge is 0.118 e. The standard InChI is InChI=1S/C14H14O2.C12H10.2C8H6/c15-13-7-3-1-5-11(13)9-10-12-6-2-4-8-14(12)16;1-3-7-11(8-4-1)12-9-5-2-6-10-12;2*1-2-4-8-6-5-7(8)3-1/h1-8,15-16H,9-10H2;1-10H;2*1-6H. The van der Waals surface area contributed by atoms with Crippen LogP contribution in [-0.4, -0.2) is 10.2 Å². The predicted octanol–water partition coefficient (Wildman–Crippen LogP) is 10.6. The number of para-hydroxylation sites is 2. The molecule has 0 unspecified atom stereocenters. The van der Waals surface area contributed by atoms with E-state index in [0.717, 1.165) is 24.0 Å². The Kier molecular flexibility index (Phi) is 10.6. The van der Waals surface area contributed by atoms with Crippen LogP contribution in [0.1, 0.15) is 33.4 Å². The van der Waals surface area contributed by atoms with Gasteiger partial charge in [0.05, 0.1) is 0 Å². The summed E-state index contributed by atoms with van der Waals surface area (Å²) >= 11 is 0. The van der Waals surface area contributed by atoms with E-state index in [1.54, 1.807) is 24.3 Å². The van der Waals surface area contributed by atoms with Crippen molar-refractivity contribution in [1.82, 2.24) is 0 Å². The number of fused-ring (bicyclic) bond motifs is 2. The van der Waals surface area contributed by atoms with Crippen molar-refractivity contribution in [3.8, 4) is 22.6 Å². The molecule has 0 aliphatic heterocycles. The zero-order valence-corrected chi connectivity index (χ0v) is 24.6. The molecule has 0 heterocycles. The summed E-state index contributed by atoms with van der Waals surface area (Å²) in [5.74, 6) is 0.635. The number of phenols is 2. The fraction of sp³-hybridized carbons (Fsp3) is 0.0476. The average Bonchev–Trinajstić information content (AvgIpc) is 3.05. The highest BCUT2D eigenvalue weighted by Crippen LogP contribution is 2.23. The highest BCUT2D eigenvalue weighted by Gasteiger charge is 2.03. The Hall–Kier alpha value is -5.60. The fourth-order valence-corrected chi connectivity index (χ4v) is 4.77. The van der Waals surface area contributed by atoms with Gasteiger partial charge in [-0.15, -0.1) is 0 Å². The first kappa shape index (κ1) is 29.9. The van der Waals surface area contributed by atoms with Gasteiger partial charge in [-0.1, -0.05) is 170 Å². The van der Waals surface area contributed by atoms with Gasteiger partial charge in [-0.2, -0.15) is 0 Å². The number of rotatable bonds is 4. The summed E-state index contributed by atoms with van der Waals surface area (Å²) in [5.41, 5.74) is 9.84. The van der Waals surface area contributed by atoms with Gasteiger partial charge in [0, 0.05) is 0 Å². The highest BCUT2D eigenvalue weighted by molar-refractivity contribution is 5.85. The molecule has 2 nitrogen and oxygen atoms in total. The van der Waals surface area contributed by atoms with Gasteiger partial charge < -0.3 is 10.2 Å². The molecular weight excluding hydrogens is 536 g/mol. The lowest BCUT2D eigenvalue weighted by Gasteiger charge is -2.06. The van der Waals surface area contributed by atoms with Crippen LogP contribution < -0.4 is 0 Å². The molecule has 0 aromatic heterocycles. The van der Waals surface area contributed by atoms with Gasteiger partial charge in [0.2, 0.25) is 0 Å². The Bertz CT molecular complexity index is 1630. The third-order valence-electron chi connectivity index (χ3n) is 7.40. The van der Waals surface area contributed by atoms with Gasteiger partial charge in [-0.05, 0) is 69.5 Å². The van der Waals surface area contributed by atoms with Crippen molar-refractivity contribution >= 4 is 24.3 Å². The second-order valence-corrected chi connectivity index (χ2v) is 10.4. The SMILES string of the molecule is C1=Cc2ccccc21.C1=Cc2ccccc21.Oc1ccccc1CCc1ccccc1O.c1ccc(-c2ccccc2)cc1. The van der Waals surface area contributed by atoms with Gasteiger partial charge in [-0.3, -0.25) is 0 Å². The van der Waals surface area contributed by atoms with Crippen LogP contribution in [0.4, 0.5) is 0 Å². The average molecular weight is 573 g/mol. The van der Waals surface area contributed by atoms with Crippen LogP contribution in [-0.2, 0) is 12.8 Å². The van der Waals surface area contributed by atoms with Gasteiger partial charge in [0.1, 0.15) is 11.5 Å². The second kappa shape index (κ2) is 15.6. The molecule has 2 aliphatic carbocycles. The molecule has 0 saturated heterocycles. The molecule has 2 heteroatoms. The second-order valence-electron chi connectivity index (χ2n) is 10.4. The third kappa shape index (κ3) is 8.47. The molecule has 8 rings (SSSR count). The zero-order valence-electron chi connectivity index (χ0n) is 24.6. The largest absolute Gasteiger partial charge is 0.508 e. The summed E-state index contributed by atoms with van der Waals surface area (Å²) in [6.45, 7) is 0. The van der Waals surface area contributed by atoms with Crippen molar-refractivity contribution in [2.75, 3.05) is 0 Å². The first-order valence-electron chi connectivity index (χ1n) is 14.9. The zero-order chi connectivity index (χ0) is 30.4. The van der Waals surface area contributed by atoms with Crippen molar-refractivity contribution in [3.63, 3.8) is 0 Å². The molecule has 2 N–H and O–H groups in total. The molecule has 0 saturated carbocycles. The maximum absolute atomic E-state index is 9.60. The molecule has 0 spiro atoms. The minimum Gasteiger partial charge on any atom is -0.508 e. The highest BCUT2D eigenvalue weighted by atomic mass is 16.3. The molecule has 0 amide bonds. The van der Waals surface area contributed by atoms with E-state index in [4.69, 9.17) is 0 Å². The fourth-order valence-electron chi connectivity index (χ4n) is 4.77. The van der Waals surface area contributed by atoms with Crippen LogP contribution in [0.5, 0.6) is 11.5 Å². The van der Waals surface area contributed by atoms with E-state index < -0.39 is 0 Å². The van der Waals surface area contributed by atoms with Gasteiger partial charge in [0.25, 0.3) is 0 Å². The molecular formula is C42H36O2. The van der Waals surface area contributed by atoms with E-state index >= 15 is 0 Å². The number of aromatic hydroxyl groups is 2. The van der Waals surface area contributed by atoms with E-state index in [0.29, 0.717) is 11.5 Å². The van der Waals surface area contributed by atoms with E-state index in [1.807, 2.05) is 36.4 Å². The Morgan fingerprint density at radius 2 is 0.568 bits per heavy atom. The van der Waals surface area contributed by atoms with E-state index in [2.05, 4.69) is 121 Å².